The molecular formula is C28H39N3O4S. The maximum atomic E-state index is 13.8. The molecule has 1 saturated carbocycles. The first-order chi connectivity index (χ1) is 17.0. The Hall–Kier alpha value is -2.87. The van der Waals surface area contributed by atoms with E-state index in [9.17, 15) is 18.0 Å². The van der Waals surface area contributed by atoms with E-state index in [1.54, 1.807) is 12.1 Å². The number of sulfonamides is 1. The fraction of sp³-hybridized carbons (Fsp3) is 0.500. The lowest BCUT2D eigenvalue weighted by Gasteiger charge is -2.33. The molecule has 1 aliphatic carbocycles. The highest BCUT2D eigenvalue weighted by atomic mass is 32.2. The molecule has 0 unspecified atom stereocenters. The molecule has 0 spiro atoms. The highest BCUT2D eigenvalue weighted by Gasteiger charge is 2.33. The maximum absolute atomic E-state index is 13.8. The zero-order chi connectivity index (χ0) is 26.5. The molecule has 196 valence electrons. The van der Waals surface area contributed by atoms with E-state index in [1.807, 2.05) is 58.0 Å². The fourth-order valence-electron chi connectivity index (χ4n) is 4.78. The molecule has 2 aromatic carbocycles. The van der Waals surface area contributed by atoms with E-state index >= 15 is 0 Å². The van der Waals surface area contributed by atoms with Gasteiger partial charge in [0.1, 0.15) is 12.6 Å². The van der Waals surface area contributed by atoms with E-state index in [2.05, 4.69) is 5.32 Å². The van der Waals surface area contributed by atoms with Crippen molar-refractivity contribution < 1.29 is 18.0 Å². The number of benzene rings is 2. The summed E-state index contributed by atoms with van der Waals surface area (Å²) in [6.45, 7) is 7.48. The van der Waals surface area contributed by atoms with Gasteiger partial charge in [0.05, 0.1) is 11.9 Å². The first-order valence-corrected chi connectivity index (χ1v) is 14.6. The Balaban J connectivity index is 1.94. The number of nitrogens with one attached hydrogen (secondary N) is 1. The number of rotatable bonds is 10. The summed E-state index contributed by atoms with van der Waals surface area (Å²) in [6, 6.07) is 12.7. The van der Waals surface area contributed by atoms with Crippen LogP contribution in [0, 0.1) is 20.8 Å². The van der Waals surface area contributed by atoms with E-state index in [0.29, 0.717) is 12.1 Å². The molecule has 0 aromatic heterocycles. The predicted octanol–water partition coefficient (Wildman–Crippen LogP) is 4.24. The highest BCUT2D eigenvalue weighted by molar-refractivity contribution is 7.92. The van der Waals surface area contributed by atoms with Crippen LogP contribution in [0.1, 0.15) is 61.3 Å². The number of hydrogen-bond donors (Lipinski definition) is 1. The van der Waals surface area contributed by atoms with Crippen LogP contribution in [0.15, 0.2) is 42.5 Å². The summed E-state index contributed by atoms with van der Waals surface area (Å²) in [5.41, 5.74) is 4.20. The van der Waals surface area contributed by atoms with Crippen molar-refractivity contribution in [3.8, 4) is 0 Å². The van der Waals surface area contributed by atoms with Gasteiger partial charge in [-0.15, -0.1) is 0 Å². The summed E-state index contributed by atoms with van der Waals surface area (Å²) >= 11 is 0. The number of anilines is 1. The van der Waals surface area contributed by atoms with Crippen LogP contribution in [-0.4, -0.2) is 50.0 Å². The van der Waals surface area contributed by atoms with Gasteiger partial charge in [-0.05, 0) is 62.8 Å². The third-order valence-corrected chi connectivity index (χ3v) is 8.21. The lowest BCUT2D eigenvalue weighted by molar-refractivity contribution is -0.140. The Kier molecular flexibility index (Phi) is 9.17. The number of hydrogen-bond acceptors (Lipinski definition) is 4. The lowest BCUT2D eigenvalue weighted by atomic mass is 10.1. The zero-order valence-corrected chi connectivity index (χ0v) is 22.9. The van der Waals surface area contributed by atoms with Gasteiger partial charge in [-0.25, -0.2) is 8.42 Å². The van der Waals surface area contributed by atoms with Crippen LogP contribution in [0.5, 0.6) is 0 Å². The Bertz CT molecular complexity index is 1170. The van der Waals surface area contributed by atoms with E-state index in [0.717, 1.165) is 58.5 Å². The van der Waals surface area contributed by atoms with Crippen LogP contribution < -0.4 is 9.62 Å². The Morgan fingerprint density at radius 1 is 1.03 bits per heavy atom. The molecule has 7 nitrogen and oxygen atoms in total. The molecule has 0 radical (unpaired) electrons. The van der Waals surface area contributed by atoms with Crippen LogP contribution >= 0.6 is 0 Å². The molecule has 1 N–H and O–H groups in total. The summed E-state index contributed by atoms with van der Waals surface area (Å²) in [7, 11) is -3.75. The van der Waals surface area contributed by atoms with Crippen molar-refractivity contribution in [2.75, 3.05) is 17.1 Å². The van der Waals surface area contributed by atoms with Crippen molar-refractivity contribution in [2.24, 2.45) is 0 Å². The van der Waals surface area contributed by atoms with Gasteiger partial charge in [-0.1, -0.05) is 61.7 Å². The normalized spacial score (nSPS) is 14.9. The Morgan fingerprint density at radius 3 is 2.25 bits per heavy atom. The third-order valence-electron chi connectivity index (χ3n) is 7.08. The number of aryl methyl sites for hydroxylation is 2. The molecule has 0 saturated heterocycles. The molecular weight excluding hydrogens is 474 g/mol. The van der Waals surface area contributed by atoms with E-state index in [-0.39, 0.29) is 25.0 Å². The van der Waals surface area contributed by atoms with Crippen molar-refractivity contribution in [1.29, 1.82) is 0 Å². The predicted molar refractivity (Wildman–Crippen MR) is 144 cm³/mol. The van der Waals surface area contributed by atoms with Crippen molar-refractivity contribution >= 4 is 27.5 Å². The second-order valence-corrected chi connectivity index (χ2v) is 11.8. The highest BCUT2D eigenvalue weighted by Crippen LogP contribution is 2.26. The summed E-state index contributed by atoms with van der Waals surface area (Å²) in [4.78, 5) is 28.7. The Morgan fingerprint density at radius 2 is 1.67 bits per heavy atom. The molecule has 1 aliphatic rings. The maximum Gasteiger partial charge on any atom is 0.244 e. The lowest BCUT2D eigenvalue weighted by Crippen LogP contribution is -2.53. The number of carbonyl (C=O) groups is 2. The molecule has 2 aromatic rings. The van der Waals surface area contributed by atoms with Gasteiger partial charge in [-0.3, -0.25) is 13.9 Å². The van der Waals surface area contributed by atoms with E-state index < -0.39 is 22.0 Å². The van der Waals surface area contributed by atoms with Gasteiger partial charge >= 0.3 is 0 Å². The molecule has 3 rings (SSSR count). The van der Waals surface area contributed by atoms with Gasteiger partial charge in [0.25, 0.3) is 0 Å². The monoisotopic (exact) mass is 513 g/mol. The van der Waals surface area contributed by atoms with Gasteiger partial charge in [0.15, 0.2) is 0 Å². The van der Waals surface area contributed by atoms with Gasteiger partial charge in [0, 0.05) is 12.6 Å². The minimum Gasteiger partial charge on any atom is -0.352 e. The number of nitrogens with zero attached hydrogens (tertiary/aromatic N) is 2. The van der Waals surface area contributed by atoms with Crippen LogP contribution in [0.25, 0.3) is 0 Å². The average Bonchev–Trinajstić information content (AvgIpc) is 3.33. The largest absolute Gasteiger partial charge is 0.352 e. The van der Waals surface area contributed by atoms with Crippen LogP contribution in [0.4, 0.5) is 5.69 Å². The van der Waals surface area contributed by atoms with Crippen LogP contribution in [-0.2, 0) is 26.2 Å². The van der Waals surface area contributed by atoms with Gasteiger partial charge in [-0.2, -0.15) is 0 Å². The molecule has 2 amide bonds. The topological polar surface area (TPSA) is 86.8 Å². The molecule has 1 atom stereocenters. The van der Waals surface area contributed by atoms with Gasteiger partial charge < -0.3 is 10.2 Å². The SMILES string of the molecule is CC[C@@H](C(=O)NC1CCCC1)N(Cc1ccc(C)cc1)C(=O)CN(c1cccc(C)c1C)S(C)(=O)=O. The van der Waals surface area contributed by atoms with Crippen LogP contribution in [0.2, 0.25) is 0 Å². The van der Waals surface area contributed by atoms with E-state index in [4.69, 9.17) is 0 Å². The van der Waals surface area contributed by atoms with Crippen molar-refractivity contribution in [3.63, 3.8) is 0 Å². The number of amides is 2. The molecule has 0 bridgehead atoms. The fourth-order valence-corrected chi connectivity index (χ4v) is 5.68. The van der Waals surface area contributed by atoms with Crippen molar-refractivity contribution in [1.82, 2.24) is 10.2 Å². The molecule has 0 aliphatic heterocycles. The van der Waals surface area contributed by atoms with Crippen molar-refractivity contribution in [3.05, 3.63) is 64.7 Å². The molecule has 8 heteroatoms. The van der Waals surface area contributed by atoms with Crippen molar-refractivity contribution in [2.45, 2.75) is 78.4 Å². The average molecular weight is 514 g/mol. The Labute approximate surface area is 215 Å². The first kappa shape index (κ1) is 27.7. The first-order valence-electron chi connectivity index (χ1n) is 12.7. The van der Waals surface area contributed by atoms with E-state index in [1.165, 1.54) is 4.90 Å². The second kappa shape index (κ2) is 11.9. The second-order valence-electron chi connectivity index (χ2n) is 9.91. The quantitative estimate of drug-likeness (QED) is 0.515. The number of carbonyl (C=O) groups excluding carboxylic acids is 2. The molecule has 0 heterocycles. The van der Waals surface area contributed by atoms with Gasteiger partial charge in [0.2, 0.25) is 21.8 Å². The smallest absolute Gasteiger partial charge is 0.244 e. The zero-order valence-electron chi connectivity index (χ0n) is 22.1. The third kappa shape index (κ3) is 6.87. The summed E-state index contributed by atoms with van der Waals surface area (Å²) in [5, 5.41) is 3.13. The minimum atomic E-state index is -3.75. The standard InChI is InChI=1S/C28H39N3O4S/c1-6-25(28(33)29-24-11-7-8-12-24)30(18-23-16-14-20(2)15-17-23)27(32)19-31(36(5,34)35)26-13-9-10-21(3)22(26)4/h9-10,13-17,24-25H,6-8,11-12,18-19H2,1-5H3,(H,29,33)/t25-/m0/s1. The minimum absolute atomic E-state index is 0.130. The summed E-state index contributed by atoms with van der Waals surface area (Å²) in [6.07, 6.45) is 5.61. The molecule has 1 fully saturated rings. The molecule has 36 heavy (non-hydrogen) atoms. The summed E-state index contributed by atoms with van der Waals surface area (Å²) in [5.74, 6) is -0.585. The van der Waals surface area contributed by atoms with Crippen LogP contribution in [0.3, 0.4) is 0 Å². The summed E-state index contributed by atoms with van der Waals surface area (Å²) < 4.78 is 26.8.